The number of halogens is 1. The predicted molar refractivity (Wildman–Crippen MR) is 122 cm³/mol. The number of carbonyl (C=O) groups excluding carboxylic acids is 2. The summed E-state index contributed by atoms with van der Waals surface area (Å²) in [6.45, 7) is 0. The van der Waals surface area contributed by atoms with Crippen LogP contribution in [0.2, 0.25) is 5.02 Å². The van der Waals surface area contributed by atoms with Crippen LogP contribution >= 0.6 is 22.9 Å². The Morgan fingerprint density at radius 2 is 1.47 bits per heavy atom. The molecule has 4 nitrogen and oxygen atoms in total. The van der Waals surface area contributed by atoms with E-state index in [2.05, 4.69) is 5.32 Å². The molecule has 0 spiro atoms. The third-order valence-corrected chi connectivity index (χ3v) is 6.22. The van der Waals surface area contributed by atoms with Gasteiger partial charge in [0, 0.05) is 20.8 Å². The quantitative estimate of drug-likeness (QED) is 0.294. The Morgan fingerprint density at radius 3 is 2.10 bits per heavy atom. The highest BCUT2D eigenvalue weighted by molar-refractivity contribution is 7.22. The molecule has 1 amide bonds. The monoisotopic (exact) mass is 435 g/mol. The molecule has 4 aromatic rings. The van der Waals surface area contributed by atoms with Gasteiger partial charge in [0.1, 0.15) is 10.6 Å². The van der Waals surface area contributed by atoms with Gasteiger partial charge in [-0.25, -0.2) is 0 Å². The molecule has 0 aliphatic rings. The first-order valence-electron chi connectivity index (χ1n) is 9.41. The Labute approximate surface area is 182 Å². The second kappa shape index (κ2) is 8.69. The Balaban J connectivity index is 1.39. The molecule has 0 aliphatic carbocycles. The third kappa shape index (κ3) is 4.37. The zero-order chi connectivity index (χ0) is 21.1. The lowest BCUT2D eigenvalue weighted by atomic mass is 10.0. The van der Waals surface area contributed by atoms with Crippen LogP contribution in [0, 0.1) is 0 Å². The maximum Gasteiger partial charge on any atom is 0.297 e. The highest BCUT2D eigenvalue weighted by atomic mass is 35.5. The minimum atomic E-state index is -0.772. The van der Waals surface area contributed by atoms with Crippen molar-refractivity contribution in [1.82, 2.24) is 0 Å². The number of rotatable bonds is 6. The lowest BCUT2D eigenvalue weighted by molar-refractivity contribution is -0.112. The summed E-state index contributed by atoms with van der Waals surface area (Å²) in [5.41, 5.74) is 2.85. The fourth-order valence-electron chi connectivity index (χ4n) is 3.17. The van der Waals surface area contributed by atoms with E-state index in [0.29, 0.717) is 11.1 Å². The van der Waals surface area contributed by atoms with E-state index in [9.17, 15) is 14.7 Å². The number of aromatic hydroxyl groups is 1. The van der Waals surface area contributed by atoms with Crippen molar-refractivity contribution in [3.8, 4) is 5.75 Å². The molecule has 2 N–H and O–H groups in total. The van der Waals surface area contributed by atoms with Crippen molar-refractivity contribution in [2.45, 2.75) is 12.8 Å². The number of anilines is 1. The van der Waals surface area contributed by atoms with Crippen LogP contribution in [0.5, 0.6) is 5.75 Å². The molecule has 1 aromatic heterocycles. The van der Waals surface area contributed by atoms with Crippen LogP contribution in [0.4, 0.5) is 5.69 Å². The van der Waals surface area contributed by atoms with Gasteiger partial charge in [0.2, 0.25) is 0 Å². The zero-order valence-corrected chi connectivity index (χ0v) is 17.5. The van der Waals surface area contributed by atoms with Gasteiger partial charge >= 0.3 is 0 Å². The van der Waals surface area contributed by atoms with Crippen molar-refractivity contribution < 1.29 is 14.7 Å². The molecular formula is C24H18ClNO3S. The maximum absolute atomic E-state index is 12.5. The van der Waals surface area contributed by atoms with E-state index in [-0.39, 0.29) is 10.6 Å². The molecule has 150 valence electrons. The highest BCUT2D eigenvalue weighted by Gasteiger charge is 2.24. The lowest BCUT2D eigenvalue weighted by Gasteiger charge is -2.06. The molecule has 1 heterocycles. The molecule has 0 unspecified atom stereocenters. The van der Waals surface area contributed by atoms with Crippen molar-refractivity contribution in [2.75, 3.05) is 5.32 Å². The van der Waals surface area contributed by atoms with Crippen LogP contribution in [-0.4, -0.2) is 16.8 Å². The topological polar surface area (TPSA) is 66.4 Å². The maximum atomic E-state index is 12.5. The van der Waals surface area contributed by atoms with Crippen molar-refractivity contribution >= 4 is 50.4 Å². The summed E-state index contributed by atoms with van der Waals surface area (Å²) in [7, 11) is 0. The summed E-state index contributed by atoms with van der Waals surface area (Å²) < 4.78 is 0.760. The Bertz CT molecular complexity index is 1210. The van der Waals surface area contributed by atoms with E-state index in [1.807, 2.05) is 42.5 Å². The molecule has 4 rings (SSSR count). The number of ketones is 1. The number of carbonyl (C=O) groups is 2. The van der Waals surface area contributed by atoms with Crippen LogP contribution < -0.4 is 5.32 Å². The lowest BCUT2D eigenvalue weighted by Crippen LogP contribution is -2.22. The molecule has 0 atom stereocenters. The van der Waals surface area contributed by atoms with Gasteiger partial charge in [0.05, 0.1) is 0 Å². The fourth-order valence-corrected chi connectivity index (χ4v) is 4.33. The summed E-state index contributed by atoms with van der Waals surface area (Å²) in [4.78, 5) is 25.0. The second-order valence-electron chi connectivity index (χ2n) is 6.88. The van der Waals surface area contributed by atoms with E-state index in [4.69, 9.17) is 11.6 Å². The summed E-state index contributed by atoms with van der Waals surface area (Å²) in [5.74, 6) is -1.67. The highest BCUT2D eigenvalue weighted by Crippen LogP contribution is 2.37. The molecule has 0 aliphatic heterocycles. The van der Waals surface area contributed by atoms with Crippen LogP contribution in [0.3, 0.4) is 0 Å². The van der Waals surface area contributed by atoms with Crippen LogP contribution in [0.25, 0.3) is 10.1 Å². The average Bonchev–Trinajstić information content (AvgIpc) is 3.10. The molecule has 3 aromatic carbocycles. The van der Waals surface area contributed by atoms with Gasteiger partial charge in [-0.3, -0.25) is 9.59 Å². The first-order valence-corrected chi connectivity index (χ1v) is 10.6. The molecule has 6 heteroatoms. The number of thiophene rings is 1. The number of hydrogen-bond donors (Lipinski definition) is 2. The smallest absolute Gasteiger partial charge is 0.297 e. The summed E-state index contributed by atoms with van der Waals surface area (Å²) in [5, 5.41) is 14.2. The van der Waals surface area contributed by atoms with E-state index >= 15 is 0 Å². The molecular weight excluding hydrogens is 418 g/mol. The standard InChI is InChI=1S/C24H18ClNO3S/c25-17-11-7-15(8-12-17)5-6-16-9-13-18(14-10-16)26-24(29)22(28)23-21(27)19-3-1-2-4-20(19)30-23/h1-4,7-14,27H,5-6H2,(H,26,29). The van der Waals surface area contributed by atoms with E-state index in [0.717, 1.165) is 39.5 Å². The minimum absolute atomic E-state index is 0.0493. The Morgan fingerprint density at radius 1 is 0.867 bits per heavy atom. The van der Waals surface area contributed by atoms with Gasteiger partial charge in [0.15, 0.2) is 0 Å². The fraction of sp³-hybridized carbons (Fsp3) is 0.0833. The van der Waals surface area contributed by atoms with Crippen LogP contribution in [0.1, 0.15) is 20.8 Å². The summed E-state index contributed by atoms with van der Waals surface area (Å²) in [6.07, 6.45) is 1.73. The summed E-state index contributed by atoms with van der Waals surface area (Å²) >= 11 is 7.02. The number of benzene rings is 3. The van der Waals surface area contributed by atoms with Crippen molar-refractivity contribution in [3.63, 3.8) is 0 Å². The largest absolute Gasteiger partial charge is 0.506 e. The number of fused-ring (bicyclic) bond motifs is 1. The molecule has 0 saturated carbocycles. The van der Waals surface area contributed by atoms with Gasteiger partial charge < -0.3 is 10.4 Å². The average molecular weight is 436 g/mol. The second-order valence-corrected chi connectivity index (χ2v) is 8.37. The Hall–Kier alpha value is -3.15. The minimum Gasteiger partial charge on any atom is -0.506 e. The number of nitrogens with one attached hydrogen (secondary N) is 1. The van der Waals surface area contributed by atoms with Crippen molar-refractivity contribution in [2.24, 2.45) is 0 Å². The third-order valence-electron chi connectivity index (χ3n) is 4.81. The van der Waals surface area contributed by atoms with E-state index in [1.165, 1.54) is 5.56 Å². The normalized spacial score (nSPS) is 10.8. The zero-order valence-electron chi connectivity index (χ0n) is 15.9. The number of Topliss-reactive ketones (excluding diaryl/α,β-unsaturated/α-hetero) is 1. The van der Waals surface area contributed by atoms with Crippen LogP contribution in [0.15, 0.2) is 72.8 Å². The first-order chi connectivity index (χ1) is 14.5. The molecule has 0 bridgehead atoms. The van der Waals surface area contributed by atoms with Gasteiger partial charge in [-0.15, -0.1) is 11.3 Å². The Kier molecular flexibility index (Phi) is 5.84. The van der Waals surface area contributed by atoms with Gasteiger partial charge in [-0.1, -0.05) is 48.0 Å². The van der Waals surface area contributed by atoms with Gasteiger partial charge in [-0.05, 0) is 60.4 Å². The molecule has 30 heavy (non-hydrogen) atoms. The predicted octanol–water partition coefficient (Wildman–Crippen LogP) is 5.87. The molecule has 0 radical (unpaired) electrons. The number of amides is 1. The van der Waals surface area contributed by atoms with Gasteiger partial charge in [0.25, 0.3) is 11.7 Å². The van der Waals surface area contributed by atoms with Crippen molar-refractivity contribution in [1.29, 1.82) is 0 Å². The van der Waals surface area contributed by atoms with Crippen LogP contribution in [-0.2, 0) is 17.6 Å². The first kappa shape index (κ1) is 20.1. The van der Waals surface area contributed by atoms with E-state index < -0.39 is 11.7 Å². The number of aryl methyl sites for hydroxylation is 2. The molecule has 0 saturated heterocycles. The van der Waals surface area contributed by atoms with E-state index in [1.54, 1.807) is 30.3 Å². The SMILES string of the molecule is O=C(Nc1ccc(CCc2ccc(Cl)cc2)cc1)C(=O)c1sc2ccccc2c1O. The molecule has 0 fully saturated rings. The summed E-state index contributed by atoms with van der Waals surface area (Å²) in [6, 6.07) is 22.3. The number of hydrogen-bond acceptors (Lipinski definition) is 4. The van der Waals surface area contributed by atoms with Crippen molar-refractivity contribution in [3.05, 3.63) is 93.8 Å². The van der Waals surface area contributed by atoms with Gasteiger partial charge in [-0.2, -0.15) is 0 Å².